The fourth-order valence-electron chi connectivity index (χ4n) is 2.78. The third-order valence-corrected chi connectivity index (χ3v) is 6.01. The van der Waals surface area contributed by atoms with Crippen LogP contribution in [0.3, 0.4) is 0 Å². The van der Waals surface area contributed by atoms with Gasteiger partial charge < -0.3 is 4.57 Å². The van der Waals surface area contributed by atoms with E-state index in [1.165, 1.54) is 17.8 Å². The quantitative estimate of drug-likeness (QED) is 0.365. The van der Waals surface area contributed by atoms with E-state index in [-0.39, 0.29) is 10.3 Å². The first-order chi connectivity index (χ1) is 13.3. The third kappa shape index (κ3) is 5.93. The molecule has 0 aliphatic heterocycles. The second-order valence-electron chi connectivity index (χ2n) is 6.30. The Kier molecular flexibility index (Phi) is 6.96. The van der Waals surface area contributed by atoms with Gasteiger partial charge in [0.05, 0.1) is 16.9 Å². The van der Waals surface area contributed by atoms with Crippen molar-refractivity contribution in [2.75, 3.05) is 0 Å². The van der Waals surface area contributed by atoms with E-state index in [0.29, 0.717) is 16.5 Å². The molecule has 1 heterocycles. The molecule has 8 heteroatoms. The summed E-state index contributed by atoms with van der Waals surface area (Å²) in [5, 5.41) is 0.449. The fourth-order valence-corrected chi connectivity index (χ4v) is 4.33. The molecule has 0 aliphatic rings. The molecule has 0 amide bonds. The van der Waals surface area contributed by atoms with Gasteiger partial charge in [0.15, 0.2) is 0 Å². The SMILES string of the molecule is FC(F)(F)c1cc(SC(CCc2ccc(Cl)cc2)Cn2ccnc2)ccc1Cl. The van der Waals surface area contributed by atoms with Gasteiger partial charge in [0, 0.05) is 34.1 Å². The van der Waals surface area contributed by atoms with Crippen molar-refractivity contribution in [1.82, 2.24) is 9.55 Å². The number of aromatic nitrogens is 2. The van der Waals surface area contributed by atoms with Gasteiger partial charge >= 0.3 is 6.18 Å². The normalized spacial score (nSPS) is 12.9. The van der Waals surface area contributed by atoms with Crippen molar-refractivity contribution in [3.05, 3.63) is 82.4 Å². The molecule has 0 N–H and O–H groups in total. The molecule has 0 saturated carbocycles. The molecule has 0 radical (unpaired) electrons. The minimum absolute atomic E-state index is 0.0622. The van der Waals surface area contributed by atoms with Gasteiger partial charge in [0.25, 0.3) is 0 Å². The first kappa shape index (κ1) is 21.1. The van der Waals surface area contributed by atoms with Crippen LogP contribution >= 0.6 is 35.0 Å². The Hall–Kier alpha value is -1.63. The molecule has 1 unspecified atom stereocenters. The van der Waals surface area contributed by atoms with Gasteiger partial charge in [-0.15, -0.1) is 11.8 Å². The highest BCUT2D eigenvalue weighted by Gasteiger charge is 2.33. The van der Waals surface area contributed by atoms with E-state index in [1.54, 1.807) is 18.6 Å². The van der Waals surface area contributed by atoms with Crippen LogP contribution in [0.25, 0.3) is 0 Å². The summed E-state index contributed by atoms with van der Waals surface area (Å²) in [6.07, 6.45) is 2.34. The Morgan fingerprint density at radius 2 is 1.82 bits per heavy atom. The van der Waals surface area contributed by atoms with Crippen LogP contribution in [0.15, 0.2) is 66.1 Å². The van der Waals surface area contributed by atoms with Crippen LogP contribution in [0.5, 0.6) is 0 Å². The van der Waals surface area contributed by atoms with Gasteiger partial charge in [-0.2, -0.15) is 13.2 Å². The highest BCUT2D eigenvalue weighted by Crippen LogP contribution is 2.38. The van der Waals surface area contributed by atoms with Crippen molar-refractivity contribution in [1.29, 1.82) is 0 Å². The number of benzene rings is 2. The number of hydrogen-bond acceptors (Lipinski definition) is 2. The van der Waals surface area contributed by atoms with Crippen molar-refractivity contribution in [2.24, 2.45) is 0 Å². The van der Waals surface area contributed by atoms with Crippen molar-refractivity contribution in [3.63, 3.8) is 0 Å². The lowest BCUT2D eigenvalue weighted by atomic mass is 10.1. The molecule has 28 heavy (non-hydrogen) atoms. The van der Waals surface area contributed by atoms with Crippen molar-refractivity contribution >= 4 is 35.0 Å². The number of rotatable bonds is 7. The summed E-state index contributed by atoms with van der Waals surface area (Å²) in [6.45, 7) is 0.641. The molecule has 3 aromatic rings. The van der Waals surface area contributed by atoms with Crippen LogP contribution in [0.2, 0.25) is 10.0 Å². The lowest BCUT2D eigenvalue weighted by Gasteiger charge is -2.18. The fraction of sp³-hybridized carbons (Fsp3) is 0.250. The Morgan fingerprint density at radius 3 is 2.46 bits per heavy atom. The van der Waals surface area contributed by atoms with E-state index >= 15 is 0 Å². The van der Waals surface area contributed by atoms with Gasteiger partial charge in [-0.3, -0.25) is 0 Å². The maximum atomic E-state index is 13.2. The summed E-state index contributed by atoms with van der Waals surface area (Å²) in [7, 11) is 0. The van der Waals surface area contributed by atoms with Crippen LogP contribution in [0, 0.1) is 0 Å². The molecule has 148 valence electrons. The van der Waals surface area contributed by atoms with Crippen LogP contribution in [-0.2, 0) is 19.1 Å². The van der Waals surface area contributed by atoms with E-state index in [0.717, 1.165) is 24.5 Å². The van der Waals surface area contributed by atoms with Crippen LogP contribution < -0.4 is 0 Å². The largest absolute Gasteiger partial charge is 0.417 e. The maximum Gasteiger partial charge on any atom is 0.417 e. The van der Waals surface area contributed by atoms with E-state index in [2.05, 4.69) is 4.98 Å². The number of thioether (sulfide) groups is 1. The molecular weight excluding hydrogens is 428 g/mol. The molecule has 0 spiro atoms. The molecule has 0 bridgehead atoms. The minimum atomic E-state index is -4.48. The summed E-state index contributed by atoms with van der Waals surface area (Å²) in [4.78, 5) is 4.58. The van der Waals surface area contributed by atoms with E-state index in [9.17, 15) is 13.2 Å². The van der Waals surface area contributed by atoms with Crippen LogP contribution in [0.1, 0.15) is 17.5 Å². The summed E-state index contributed by atoms with van der Waals surface area (Å²) in [5.74, 6) is 0. The minimum Gasteiger partial charge on any atom is -0.336 e. The topological polar surface area (TPSA) is 17.8 Å². The summed E-state index contributed by atoms with van der Waals surface area (Å²) < 4.78 is 41.4. The highest BCUT2D eigenvalue weighted by atomic mass is 35.5. The predicted molar refractivity (Wildman–Crippen MR) is 108 cm³/mol. The van der Waals surface area contributed by atoms with Crippen LogP contribution in [-0.4, -0.2) is 14.8 Å². The number of nitrogens with zero attached hydrogens (tertiary/aromatic N) is 2. The molecule has 0 aliphatic carbocycles. The zero-order valence-corrected chi connectivity index (χ0v) is 17.0. The number of imidazole rings is 1. The van der Waals surface area contributed by atoms with Crippen molar-refractivity contribution < 1.29 is 13.2 Å². The van der Waals surface area contributed by atoms with E-state index in [1.807, 2.05) is 35.0 Å². The van der Waals surface area contributed by atoms with Gasteiger partial charge in [0.2, 0.25) is 0 Å². The summed E-state index contributed by atoms with van der Waals surface area (Å²) in [6, 6.07) is 11.7. The molecule has 1 atom stereocenters. The zero-order valence-electron chi connectivity index (χ0n) is 14.7. The average molecular weight is 445 g/mol. The maximum absolute atomic E-state index is 13.2. The highest BCUT2D eigenvalue weighted by molar-refractivity contribution is 8.00. The average Bonchev–Trinajstić information content (AvgIpc) is 3.14. The Bertz CT molecular complexity index is 897. The lowest BCUT2D eigenvalue weighted by molar-refractivity contribution is -0.137. The van der Waals surface area contributed by atoms with Gasteiger partial charge in [-0.1, -0.05) is 35.3 Å². The molecule has 1 aromatic heterocycles. The summed E-state index contributed by atoms with van der Waals surface area (Å²) in [5.41, 5.74) is 0.325. The number of alkyl halides is 3. The summed E-state index contributed by atoms with van der Waals surface area (Å²) >= 11 is 13.1. The monoisotopic (exact) mass is 444 g/mol. The lowest BCUT2D eigenvalue weighted by Crippen LogP contribution is -2.13. The molecule has 0 fully saturated rings. The van der Waals surface area contributed by atoms with E-state index < -0.39 is 11.7 Å². The first-order valence-corrected chi connectivity index (χ1v) is 10.2. The number of halogens is 5. The smallest absolute Gasteiger partial charge is 0.336 e. The molecule has 0 saturated heterocycles. The number of aryl methyl sites for hydroxylation is 1. The third-order valence-electron chi connectivity index (χ3n) is 4.19. The molecule has 2 aromatic carbocycles. The van der Waals surface area contributed by atoms with Gasteiger partial charge in [0.1, 0.15) is 0 Å². The molecule has 2 nitrogen and oxygen atoms in total. The van der Waals surface area contributed by atoms with Crippen molar-refractivity contribution in [3.8, 4) is 0 Å². The molecule has 3 rings (SSSR count). The van der Waals surface area contributed by atoms with E-state index in [4.69, 9.17) is 23.2 Å². The Balaban J connectivity index is 1.76. The predicted octanol–water partition coefficient (Wildman–Crippen LogP) is 7.00. The van der Waals surface area contributed by atoms with Gasteiger partial charge in [-0.25, -0.2) is 4.98 Å². The second kappa shape index (κ2) is 9.25. The standard InChI is InChI=1S/C20H17Cl2F3N2S/c21-15-4-1-14(2-5-15)3-6-17(12-27-10-9-26-13-27)28-16-7-8-19(22)18(11-16)20(23,24)25/h1-2,4-5,7-11,13,17H,3,6,12H2. The van der Waals surface area contributed by atoms with Gasteiger partial charge in [-0.05, 0) is 48.7 Å². The van der Waals surface area contributed by atoms with Crippen LogP contribution in [0.4, 0.5) is 13.2 Å². The second-order valence-corrected chi connectivity index (χ2v) is 8.52. The Morgan fingerprint density at radius 1 is 1.07 bits per heavy atom. The first-order valence-electron chi connectivity index (χ1n) is 8.55. The number of hydrogen-bond donors (Lipinski definition) is 0. The molecular formula is C20H17Cl2F3N2S. The Labute approximate surface area is 175 Å². The van der Waals surface area contributed by atoms with Crippen molar-refractivity contribution in [2.45, 2.75) is 35.7 Å². The zero-order chi connectivity index (χ0) is 20.1.